The summed E-state index contributed by atoms with van der Waals surface area (Å²) in [5.74, 6) is 0.979. The first-order chi connectivity index (χ1) is 14.5. The van der Waals surface area contributed by atoms with Crippen molar-refractivity contribution in [1.29, 1.82) is 0 Å². The summed E-state index contributed by atoms with van der Waals surface area (Å²) in [4.78, 5) is 11.2. The molecule has 8 heteroatoms. The molecule has 1 aromatic heterocycles. The molecule has 0 atom stereocenters. The predicted molar refractivity (Wildman–Crippen MR) is 121 cm³/mol. The number of para-hydroxylation sites is 1. The molecule has 2 heterocycles. The average molecular weight is 426 g/mol. The van der Waals surface area contributed by atoms with Crippen molar-refractivity contribution in [3.63, 3.8) is 0 Å². The van der Waals surface area contributed by atoms with Crippen LogP contribution in [0.1, 0.15) is 25.3 Å². The molecule has 30 heavy (non-hydrogen) atoms. The Morgan fingerprint density at radius 3 is 2.50 bits per heavy atom. The highest BCUT2D eigenvalue weighted by molar-refractivity contribution is 7.92. The molecule has 2 N–H and O–H groups in total. The molecule has 7 nitrogen and oxygen atoms in total. The minimum absolute atomic E-state index is 0.0720. The lowest BCUT2D eigenvalue weighted by Gasteiger charge is -2.32. The van der Waals surface area contributed by atoms with Crippen LogP contribution in [0.5, 0.6) is 0 Å². The first kappa shape index (κ1) is 20.6. The first-order valence-electron chi connectivity index (χ1n) is 10.3. The van der Waals surface area contributed by atoms with Gasteiger partial charge >= 0.3 is 0 Å². The number of hydrogen-bond acceptors (Lipinski definition) is 6. The van der Waals surface area contributed by atoms with E-state index < -0.39 is 10.0 Å². The Kier molecular flexibility index (Phi) is 6.15. The van der Waals surface area contributed by atoms with Crippen molar-refractivity contribution < 1.29 is 8.42 Å². The Balaban J connectivity index is 1.30. The van der Waals surface area contributed by atoms with Crippen LogP contribution < -0.4 is 10.0 Å². The van der Waals surface area contributed by atoms with E-state index in [4.69, 9.17) is 0 Å². The van der Waals surface area contributed by atoms with Gasteiger partial charge in [-0.05, 0) is 49.6 Å². The molecule has 1 saturated heterocycles. The molecule has 158 valence electrons. The smallest absolute Gasteiger partial charge is 0.232 e. The largest absolute Gasteiger partial charge is 0.367 e. The number of sulfonamides is 1. The monoisotopic (exact) mass is 425 g/mol. The van der Waals surface area contributed by atoms with Gasteiger partial charge in [-0.3, -0.25) is 9.62 Å². The number of fused-ring (bicyclic) bond motifs is 1. The van der Waals surface area contributed by atoms with Crippen molar-refractivity contribution >= 4 is 32.4 Å². The van der Waals surface area contributed by atoms with Crippen LogP contribution in [-0.4, -0.2) is 48.2 Å². The average Bonchev–Trinajstić information content (AvgIpc) is 2.77. The lowest BCUT2D eigenvalue weighted by molar-refractivity contribution is 0.211. The highest BCUT2D eigenvalue weighted by atomic mass is 32.2. The van der Waals surface area contributed by atoms with Gasteiger partial charge in [0, 0.05) is 36.7 Å². The Hall–Kier alpha value is -2.71. The van der Waals surface area contributed by atoms with Crippen molar-refractivity contribution in [2.75, 3.05) is 28.9 Å². The molecule has 4 rings (SSSR count). The maximum Gasteiger partial charge on any atom is 0.232 e. The maximum absolute atomic E-state index is 11.7. The normalized spacial score (nSPS) is 15.9. The van der Waals surface area contributed by atoms with Gasteiger partial charge in [-0.1, -0.05) is 24.3 Å². The number of likely N-dealkylation sites (tertiary alicyclic amines) is 1. The van der Waals surface area contributed by atoms with Crippen LogP contribution in [-0.2, 0) is 16.6 Å². The summed E-state index contributed by atoms with van der Waals surface area (Å²) < 4.78 is 25.9. The zero-order chi connectivity index (χ0) is 21.0. The third kappa shape index (κ3) is 5.06. The van der Waals surface area contributed by atoms with Crippen molar-refractivity contribution in [2.45, 2.75) is 32.4 Å². The van der Waals surface area contributed by atoms with Crippen LogP contribution in [0.4, 0.5) is 11.5 Å². The first-order valence-corrected chi connectivity index (χ1v) is 12.0. The van der Waals surface area contributed by atoms with Gasteiger partial charge in [0.2, 0.25) is 10.0 Å². The molecule has 1 aliphatic rings. The third-order valence-electron chi connectivity index (χ3n) is 5.48. The lowest BCUT2D eigenvalue weighted by atomic mass is 10.0. The Labute approximate surface area is 177 Å². The van der Waals surface area contributed by atoms with Gasteiger partial charge in [-0.2, -0.15) is 0 Å². The Morgan fingerprint density at radius 1 is 1.03 bits per heavy atom. The van der Waals surface area contributed by atoms with Gasteiger partial charge in [0.1, 0.15) is 12.1 Å². The number of nitrogens with zero attached hydrogens (tertiary/aromatic N) is 3. The number of nitrogens with one attached hydrogen (secondary N) is 2. The molecule has 0 radical (unpaired) electrons. The van der Waals surface area contributed by atoms with Gasteiger partial charge < -0.3 is 5.32 Å². The van der Waals surface area contributed by atoms with Crippen LogP contribution in [0.15, 0.2) is 54.9 Å². The Bertz CT molecular complexity index is 1090. The van der Waals surface area contributed by atoms with E-state index in [9.17, 15) is 8.42 Å². The summed E-state index contributed by atoms with van der Waals surface area (Å²) in [7, 11) is -3.23. The van der Waals surface area contributed by atoms with Gasteiger partial charge in [-0.25, -0.2) is 18.4 Å². The number of rotatable bonds is 7. The molecule has 0 amide bonds. The number of anilines is 2. The summed E-state index contributed by atoms with van der Waals surface area (Å²) in [6, 6.07) is 16.1. The molecular formula is C22H27N5O2S. The highest BCUT2D eigenvalue weighted by Gasteiger charge is 2.20. The summed E-state index contributed by atoms with van der Waals surface area (Å²) in [6.45, 7) is 4.50. The summed E-state index contributed by atoms with van der Waals surface area (Å²) in [5, 5.41) is 4.66. The minimum atomic E-state index is -3.23. The second kappa shape index (κ2) is 8.97. The quantitative estimate of drug-likeness (QED) is 0.603. The minimum Gasteiger partial charge on any atom is -0.367 e. The summed E-state index contributed by atoms with van der Waals surface area (Å²) >= 11 is 0. The van der Waals surface area contributed by atoms with Gasteiger partial charge in [0.15, 0.2) is 0 Å². The maximum atomic E-state index is 11.7. The fourth-order valence-electron chi connectivity index (χ4n) is 3.74. The molecule has 1 fully saturated rings. The predicted octanol–water partition coefficient (Wildman–Crippen LogP) is 3.47. The van der Waals surface area contributed by atoms with E-state index in [0.29, 0.717) is 11.7 Å². The molecule has 1 aliphatic heterocycles. The zero-order valence-electron chi connectivity index (χ0n) is 17.1. The molecule has 0 spiro atoms. The van der Waals surface area contributed by atoms with Crippen LogP contribution in [0.2, 0.25) is 0 Å². The highest BCUT2D eigenvalue weighted by Crippen LogP contribution is 2.23. The molecule has 0 bridgehead atoms. The number of piperidine rings is 1. The fraction of sp³-hybridized carbons (Fsp3) is 0.364. The lowest BCUT2D eigenvalue weighted by Crippen LogP contribution is -2.38. The Morgan fingerprint density at radius 2 is 1.77 bits per heavy atom. The van der Waals surface area contributed by atoms with E-state index >= 15 is 0 Å². The van der Waals surface area contributed by atoms with Gasteiger partial charge in [0.25, 0.3) is 0 Å². The van der Waals surface area contributed by atoms with E-state index in [0.717, 1.165) is 49.2 Å². The van der Waals surface area contributed by atoms with Crippen molar-refractivity contribution in [2.24, 2.45) is 0 Å². The number of hydrogen-bond donors (Lipinski definition) is 2. The molecule has 2 aromatic carbocycles. The van der Waals surface area contributed by atoms with Crippen molar-refractivity contribution in [1.82, 2.24) is 14.9 Å². The fourth-order valence-corrected chi connectivity index (χ4v) is 4.38. The van der Waals surface area contributed by atoms with Crippen LogP contribution in [0, 0.1) is 0 Å². The number of aromatic nitrogens is 2. The summed E-state index contributed by atoms with van der Waals surface area (Å²) in [5.41, 5.74) is 2.75. The zero-order valence-corrected chi connectivity index (χ0v) is 17.9. The van der Waals surface area contributed by atoms with Gasteiger partial charge in [0.05, 0.1) is 11.3 Å². The van der Waals surface area contributed by atoms with E-state index in [1.165, 1.54) is 5.56 Å². The molecule has 0 aliphatic carbocycles. The SMILES string of the molecule is CCS(=O)(=O)Nc1ccc(CN2CCC(Nc3ncnc4ccccc34)CC2)cc1. The van der Waals surface area contributed by atoms with E-state index in [1.807, 2.05) is 42.5 Å². The van der Waals surface area contributed by atoms with Crippen molar-refractivity contribution in [3.8, 4) is 0 Å². The molecular weight excluding hydrogens is 398 g/mol. The standard InChI is InChI=1S/C22H27N5O2S/c1-2-30(28,29)26-19-9-7-17(8-10-19)15-27-13-11-18(12-14-27)25-22-20-5-3-4-6-21(20)23-16-24-22/h3-10,16,18,26H,2,11-15H2,1H3,(H,23,24,25). The number of benzene rings is 2. The van der Waals surface area contributed by atoms with E-state index in [2.05, 4.69) is 31.0 Å². The molecule has 0 unspecified atom stereocenters. The third-order valence-corrected chi connectivity index (χ3v) is 6.79. The summed E-state index contributed by atoms with van der Waals surface area (Å²) in [6.07, 6.45) is 3.71. The van der Waals surface area contributed by atoms with E-state index in [1.54, 1.807) is 13.3 Å². The molecule has 3 aromatic rings. The van der Waals surface area contributed by atoms with Crippen LogP contribution >= 0.6 is 0 Å². The van der Waals surface area contributed by atoms with Crippen LogP contribution in [0.3, 0.4) is 0 Å². The van der Waals surface area contributed by atoms with Crippen molar-refractivity contribution in [3.05, 3.63) is 60.4 Å². The van der Waals surface area contributed by atoms with Crippen LogP contribution in [0.25, 0.3) is 10.9 Å². The van der Waals surface area contributed by atoms with E-state index in [-0.39, 0.29) is 5.75 Å². The second-order valence-corrected chi connectivity index (χ2v) is 9.65. The van der Waals surface area contributed by atoms with Gasteiger partial charge in [-0.15, -0.1) is 0 Å². The second-order valence-electron chi connectivity index (χ2n) is 7.64. The topological polar surface area (TPSA) is 87.2 Å². The molecule has 0 saturated carbocycles.